The highest BCUT2D eigenvalue weighted by molar-refractivity contribution is 7.90. The normalized spacial score (nSPS) is 12.5. The number of sulfonamides is 1. The predicted molar refractivity (Wildman–Crippen MR) is 45.8 cm³/mol. The summed E-state index contributed by atoms with van der Waals surface area (Å²) in [5.41, 5.74) is 0. The summed E-state index contributed by atoms with van der Waals surface area (Å²) >= 11 is 0. The average molecular weight is 247 g/mol. The predicted octanol–water partition coefficient (Wildman–Crippen LogP) is -1.29. The number of aliphatic hydroxyl groups is 1. The van der Waals surface area contributed by atoms with Gasteiger partial charge >= 0.3 is 5.97 Å². The van der Waals surface area contributed by atoms with Crippen molar-refractivity contribution in [2.24, 2.45) is 0 Å². The number of hydrogen-bond acceptors (Lipinski definition) is 5. The van der Waals surface area contributed by atoms with E-state index in [4.69, 9.17) is 5.11 Å². The first-order valence-corrected chi connectivity index (χ1v) is 5.40. The molecule has 0 aromatic heterocycles. The molecule has 90 valence electrons. The minimum atomic E-state index is -4.15. The lowest BCUT2D eigenvalue weighted by Gasteiger charge is -2.13. The number of alkyl halides is 2. The van der Waals surface area contributed by atoms with Gasteiger partial charge < -0.3 is 9.84 Å². The van der Waals surface area contributed by atoms with E-state index < -0.39 is 40.8 Å². The highest BCUT2D eigenvalue weighted by Gasteiger charge is 2.30. The van der Waals surface area contributed by atoms with Gasteiger partial charge in [0.15, 0.2) is 5.75 Å². The Balaban J connectivity index is 4.23. The van der Waals surface area contributed by atoms with Gasteiger partial charge in [0.05, 0.1) is 13.7 Å². The third kappa shape index (κ3) is 6.31. The Bertz CT molecular complexity index is 315. The maximum absolute atomic E-state index is 12.4. The third-order valence-electron chi connectivity index (χ3n) is 1.32. The first-order valence-electron chi connectivity index (χ1n) is 3.75. The molecule has 0 heterocycles. The molecule has 0 aromatic carbocycles. The van der Waals surface area contributed by atoms with Crippen LogP contribution in [0.1, 0.15) is 0 Å². The molecular weight excluding hydrogens is 236 g/mol. The summed E-state index contributed by atoms with van der Waals surface area (Å²) in [6.07, 6.45) is 0. The lowest BCUT2D eigenvalue weighted by molar-refractivity contribution is -0.137. The summed E-state index contributed by atoms with van der Waals surface area (Å²) in [7, 11) is -3.18. The van der Waals surface area contributed by atoms with E-state index >= 15 is 0 Å². The van der Waals surface area contributed by atoms with E-state index in [1.807, 2.05) is 0 Å². The molecule has 0 aliphatic heterocycles. The summed E-state index contributed by atoms with van der Waals surface area (Å²) < 4.78 is 52.2. The zero-order chi connectivity index (χ0) is 12.1. The van der Waals surface area contributed by atoms with Crippen LogP contribution in [0.4, 0.5) is 8.78 Å². The summed E-state index contributed by atoms with van der Waals surface area (Å²) in [6, 6.07) is 0. The van der Waals surface area contributed by atoms with Crippen LogP contribution < -0.4 is 4.72 Å². The van der Waals surface area contributed by atoms with Gasteiger partial charge in [0.1, 0.15) is 6.61 Å². The van der Waals surface area contributed by atoms with Crippen molar-refractivity contribution in [2.45, 2.75) is 5.92 Å². The fourth-order valence-corrected chi connectivity index (χ4v) is 1.50. The summed E-state index contributed by atoms with van der Waals surface area (Å²) in [6.45, 7) is -2.74. The molecule has 0 aromatic rings. The largest absolute Gasteiger partial charge is 0.468 e. The fraction of sp³-hybridized carbons (Fsp3) is 0.833. The number of rotatable bonds is 6. The molecule has 0 saturated carbocycles. The molecule has 0 radical (unpaired) electrons. The molecule has 0 rings (SSSR count). The van der Waals surface area contributed by atoms with Crippen LogP contribution in [-0.2, 0) is 19.6 Å². The molecular formula is C6H11F2NO5S. The van der Waals surface area contributed by atoms with Crippen LogP contribution in [-0.4, -0.2) is 51.4 Å². The van der Waals surface area contributed by atoms with Gasteiger partial charge in [-0.25, -0.2) is 21.9 Å². The standard InChI is InChI=1S/C6H11F2NO5S/c1-14-5(11)2-15(12,13)9-3-6(7,8)4-10/h9-10H,2-4H2,1H3. The summed E-state index contributed by atoms with van der Waals surface area (Å²) in [5.74, 6) is -5.65. The van der Waals surface area contributed by atoms with Crippen molar-refractivity contribution < 1.29 is 31.8 Å². The van der Waals surface area contributed by atoms with Gasteiger partial charge in [-0.1, -0.05) is 0 Å². The highest BCUT2D eigenvalue weighted by atomic mass is 32.2. The number of hydrogen-bond donors (Lipinski definition) is 2. The number of ether oxygens (including phenoxy) is 1. The minimum Gasteiger partial charge on any atom is -0.468 e. The van der Waals surface area contributed by atoms with Gasteiger partial charge in [-0.05, 0) is 0 Å². The van der Waals surface area contributed by atoms with Gasteiger partial charge in [-0.2, -0.15) is 0 Å². The van der Waals surface area contributed by atoms with Crippen LogP contribution in [0.5, 0.6) is 0 Å². The minimum absolute atomic E-state index is 0.972. The van der Waals surface area contributed by atoms with Crippen molar-refractivity contribution in [2.75, 3.05) is 26.0 Å². The van der Waals surface area contributed by atoms with E-state index in [9.17, 15) is 22.0 Å². The molecule has 2 N–H and O–H groups in total. The molecule has 0 unspecified atom stereocenters. The van der Waals surface area contributed by atoms with Crippen molar-refractivity contribution in [3.8, 4) is 0 Å². The van der Waals surface area contributed by atoms with Crippen LogP contribution in [0.2, 0.25) is 0 Å². The Morgan fingerprint density at radius 3 is 2.47 bits per heavy atom. The molecule has 0 spiro atoms. The number of halogens is 2. The Morgan fingerprint density at radius 1 is 1.53 bits per heavy atom. The topological polar surface area (TPSA) is 92.7 Å². The second kappa shape index (κ2) is 5.33. The van der Waals surface area contributed by atoms with Crippen LogP contribution in [0.15, 0.2) is 0 Å². The Labute approximate surface area is 85.3 Å². The maximum atomic E-state index is 12.4. The number of nitrogens with one attached hydrogen (secondary N) is 1. The van der Waals surface area contributed by atoms with Gasteiger partial charge in [0.25, 0.3) is 5.92 Å². The van der Waals surface area contributed by atoms with Crippen molar-refractivity contribution in [1.82, 2.24) is 4.72 Å². The second-order valence-corrected chi connectivity index (χ2v) is 4.48. The molecule has 0 aliphatic carbocycles. The number of methoxy groups -OCH3 is 1. The van der Waals surface area contributed by atoms with E-state index in [2.05, 4.69) is 4.74 Å². The molecule has 0 aliphatic rings. The zero-order valence-electron chi connectivity index (χ0n) is 7.87. The number of esters is 1. The SMILES string of the molecule is COC(=O)CS(=O)(=O)NCC(F)(F)CO. The molecule has 0 fully saturated rings. The fourth-order valence-electron chi connectivity index (χ4n) is 0.537. The molecule has 9 heteroatoms. The average Bonchev–Trinajstić information content (AvgIpc) is 2.14. The smallest absolute Gasteiger partial charge is 0.322 e. The number of aliphatic hydroxyl groups excluding tert-OH is 1. The van der Waals surface area contributed by atoms with E-state index in [1.165, 1.54) is 4.72 Å². The highest BCUT2D eigenvalue weighted by Crippen LogP contribution is 2.10. The quantitative estimate of drug-likeness (QED) is 0.569. The second-order valence-electron chi connectivity index (χ2n) is 2.67. The molecule has 0 atom stereocenters. The number of carbonyl (C=O) groups is 1. The van der Waals surface area contributed by atoms with Crippen molar-refractivity contribution in [1.29, 1.82) is 0 Å². The Hall–Kier alpha value is -0.800. The van der Waals surface area contributed by atoms with E-state index in [0.29, 0.717) is 0 Å². The maximum Gasteiger partial charge on any atom is 0.322 e. The van der Waals surface area contributed by atoms with Gasteiger partial charge in [-0.3, -0.25) is 4.79 Å². The Morgan fingerprint density at radius 2 is 2.07 bits per heavy atom. The zero-order valence-corrected chi connectivity index (χ0v) is 8.68. The van der Waals surface area contributed by atoms with Crippen molar-refractivity contribution in [3.05, 3.63) is 0 Å². The molecule has 0 bridgehead atoms. The van der Waals surface area contributed by atoms with Crippen molar-refractivity contribution in [3.63, 3.8) is 0 Å². The third-order valence-corrected chi connectivity index (χ3v) is 2.52. The molecule has 0 amide bonds. The van der Waals surface area contributed by atoms with E-state index in [1.54, 1.807) is 0 Å². The molecule has 0 saturated heterocycles. The van der Waals surface area contributed by atoms with Gasteiger partial charge in [0.2, 0.25) is 10.0 Å². The first-order chi connectivity index (χ1) is 6.72. The van der Waals surface area contributed by atoms with Crippen LogP contribution in [0, 0.1) is 0 Å². The number of carbonyl (C=O) groups excluding carboxylic acids is 1. The summed E-state index contributed by atoms with van der Waals surface area (Å²) in [5, 5.41) is 8.14. The summed E-state index contributed by atoms with van der Waals surface area (Å²) in [4.78, 5) is 10.5. The van der Waals surface area contributed by atoms with E-state index in [0.717, 1.165) is 7.11 Å². The Kier molecular flexibility index (Phi) is 5.05. The first kappa shape index (κ1) is 14.2. The molecule has 15 heavy (non-hydrogen) atoms. The van der Waals surface area contributed by atoms with Gasteiger partial charge in [0, 0.05) is 0 Å². The lowest BCUT2D eigenvalue weighted by Crippen LogP contribution is -2.41. The van der Waals surface area contributed by atoms with Crippen LogP contribution in [0.25, 0.3) is 0 Å². The van der Waals surface area contributed by atoms with Gasteiger partial charge in [-0.15, -0.1) is 0 Å². The van der Waals surface area contributed by atoms with Crippen molar-refractivity contribution >= 4 is 16.0 Å². The monoisotopic (exact) mass is 247 g/mol. The molecule has 6 nitrogen and oxygen atoms in total. The van der Waals surface area contributed by atoms with E-state index in [-0.39, 0.29) is 0 Å². The lowest BCUT2D eigenvalue weighted by atomic mass is 10.4. The van der Waals surface area contributed by atoms with Crippen LogP contribution >= 0.6 is 0 Å². The van der Waals surface area contributed by atoms with Crippen LogP contribution in [0.3, 0.4) is 0 Å².